The van der Waals surface area contributed by atoms with E-state index in [1.165, 1.54) is 0 Å². The van der Waals surface area contributed by atoms with Gasteiger partial charge in [0.1, 0.15) is 16.8 Å². The molecule has 0 heterocycles. The van der Waals surface area contributed by atoms with E-state index in [1.807, 2.05) is 154 Å². The molecule has 2 amide bonds. The van der Waals surface area contributed by atoms with E-state index in [4.69, 9.17) is 44.6 Å². The second-order valence-electron chi connectivity index (χ2n) is 32.0. The number of halogens is 30. The second kappa shape index (κ2) is 56.7. The Labute approximate surface area is 1020 Å². The first-order chi connectivity index (χ1) is 65.3. The molecule has 0 spiro atoms. The molecule has 4 aliphatic carbocycles. The third-order valence-electron chi connectivity index (χ3n) is 18.8. The van der Waals surface area contributed by atoms with E-state index in [0.29, 0.717) is 81.8 Å². The Kier molecular flexibility index (Phi) is 54.0. The molecule has 4 atom stereocenters. The van der Waals surface area contributed by atoms with Gasteiger partial charge in [-0.05, 0) is 491 Å². The first kappa shape index (κ1) is 137. The summed E-state index contributed by atoms with van der Waals surface area (Å²) in [5, 5.41) is 5.29. The highest BCUT2D eigenvalue weighted by Gasteiger charge is 2.58. The lowest BCUT2D eigenvalue weighted by Crippen LogP contribution is -2.60. The van der Waals surface area contributed by atoms with Crippen LogP contribution in [-0.4, -0.2) is 187 Å². The lowest BCUT2D eigenvalue weighted by molar-refractivity contribution is -0.149. The van der Waals surface area contributed by atoms with Crippen LogP contribution < -0.4 is 22.1 Å². The number of carbonyl (C=O) groups is 7. The molecule has 6 N–H and O–H groups in total. The molecular formula is C76H76F15I15N9O24S5-5. The predicted molar refractivity (Wildman–Crippen MR) is 626 cm³/mol. The molecule has 4 aliphatic rings. The molecule has 4 unspecified atom stereocenters. The summed E-state index contributed by atoms with van der Waals surface area (Å²) >= 11 is 30.3. The van der Waals surface area contributed by atoms with Crippen LogP contribution in [0.25, 0.3) is 23.6 Å². The molecular weight excluding hydrogens is 3770 g/mol. The van der Waals surface area contributed by atoms with Crippen molar-refractivity contribution in [3.05, 3.63) is 141 Å². The van der Waals surface area contributed by atoms with Gasteiger partial charge in [-0.15, -0.1) is 31.7 Å². The van der Waals surface area contributed by atoms with Gasteiger partial charge in [-0.2, -0.15) is 65.9 Å². The zero-order valence-electron chi connectivity index (χ0n) is 74.1. The number of benzene rings is 5. The predicted octanol–water partition coefficient (Wildman–Crippen LogP) is 25.3. The smallest absolute Gasteiger partial charge is 0.480 e. The van der Waals surface area contributed by atoms with E-state index in [0.717, 1.165) is 49.7 Å². The SMILES string of the molecule is CC(C)(C)OC(=O)Nc1c(I)cc(I)c(C(=O)OCC[N-]S(=O)(=O)C(F)(F)F)c1I.CCC(Cc1c(I)cc(I)c(N)c1I)C(=O)OCC[N-]S(=O)(=O)C(F)(F)F.CCC(Cc1c(I)cc(I)c(NC(=O)OC(C)(C)C)c1I)C(=O)OCC[N-]S(=O)(=O)C(F)(F)F.Nc1c(I)cc(I)c(C(=O)OCC[N-]S(=O)(=O)C(F)(F)F)c1I.O=C(OC12CC3CC(CC([N-]S(=O)(=O)C(F)(F)F)(C3)C1)C2)c1cc(I)cc(I)c1I. The van der Waals surface area contributed by atoms with Crippen LogP contribution in [0.5, 0.6) is 0 Å². The van der Waals surface area contributed by atoms with Crippen LogP contribution in [0.2, 0.25) is 0 Å². The van der Waals surface area contributed by atoms with Gasteiger partial charge in [0, 0.05) is 46.4 Å². The van der Waals surface area contributed by atoms with E-state index < -0.39 is 206 Å². The number of alkyl halides is 15. The molecule has 0 aromatic heterocycles. The quantitative estimate of drug-likeness (QED) is 0.00591. The number of hydrogen-bond donors (Lipinski definition) is 4. The molecule has 4 bridgehead atoms. The van der Waals surface area contributed by atoms with Crippen LogP contribution in [0.4, 0.5) is 98.2 Å². The average Bonchev–Trinajstić information content (AvgIpc) is 0.712. The third kappa shape index (κ3) is 41.1. The summed E-state index contributed by atoms with van der Waals surface area (Å²) in [7, 11) is -28.0. The van der Waals surface area contributed by atoms with Crippen LogP contribution in [-0.2, 0) is 106 Å². The lowest BCUT2D eigenvalue weighted by atomic mass is 9.51. The summed E-state index contributed by atoms with van der Waals surface area (Å²) in [6, 6.07) is 10.6. The van der Waals surface area contributed by atoms with Gasteiger partial charge in [-0.3, -0.25) is 20.2 Å². The molecule has 0 aliphatic heterocycles. The number of nitrogen functional groups attached to an aromatic ring is 2. The van der Waals surface area contributed by atoms with E-state index in [9.17, 15) is 142 Å². The standard InChI is InChI=1S/C19H23F3I3N2O6S.C18H16F3I3NO4S.C15H15F3I3N2O6S.C14H15F3I3N2O4S.C10H7F3I3N2O4S/c1-5-10(16(28)32-7-6-26-34(30,31)19(20,21)22)8-11-12(23)9-13(24)15(14(11)25)27-17(29)33-18(2,3)4;19-18(20,21)30(27,28)25-16-4-9-1-10(5-16)7-17(6-9,8-16)29-15(26)12-2-11(22)3-13(23)14(12)24;1-14(2,3)29-13(25)23-11-8(20)6-7(19)9(10(11)21)12(24)28-5-4-22-30(26,27)15(16,17)18;1-2-7(5-8-9(18)6-10(19)12(21)11(8)20)13(23)26-4-3-22-27(24,25)14(15,16)17;11-10(12,13)23(20,21)18-1-2-22-9(19)6-4(14)3-5(15)8(17)7(6)16/h9-10H,5-8H2,1-4H3,(H,27,29);2-3,9-10H,1,4-8H2;6H,4-5H2,1-3H3,(H,23,25);6-7H,2-5,21H2,1H3;3H,1-2,17H2/q5*-1. The fourth-order valence-electron chi connectivity index (χ4n) is 13.0. The Balaban J connectivity index is 0.000000377. The molecule has 814 valence electrons. The normalized spacial score (nSPS) is 17.1. The molecule has 0 saturated heterocycles. The molecule has 5 aromatic carbocycles. The van der Waals surface area contributed by atoms with Crippen molar-refractivity contribution < 1.29 is 175 Å². The van der Waals surface area contributed by atoms with Crippen molar-refractivity contribution >= 4 is 454 Å². The molecule has 144 heavy (non-hydrogen) atoms. The van der Waals surface area contributed by atoms with Gasteiger partial charge < -0.3 is 68.2 Å². The van der Waals surface area contributed by atoms with Crippen molar-refractivity contribution in [3.63, 3.8) is 0 Å². The largest absolute Gasteiger partial charge is 0.538 e. The molecule has 33 nitrogen and oxygen atoms in total. The maximum absolute atomic E-state index is 13.0. The van der Waals surface area contributed by atoms with Crippen molar-refractivity contribution in [2.45, 2.75) is 169 Å². The molecule has 0 radical (unpaired) electrons. The topological polar surface area (TPSA) is 501 Å². The second-order valence-corrected chi connectivity index (χ2v) is 57.4. The maximum atomic E-state index is 13.0. The van der Waals surface area contributed by atoms with Crippen LogP contribution >= 0.6 is 339 Å². The Bertz CT molecular complexity index is 6170. The van der Waals surface area contributed by atoms with E-state index >= 15 is 0 Å². The van der Waals surface area contributed by atoms with Gasteiger partial charge in [0.15, 0.2) is 50.1 Å². The Morgan fingerprint density at radius 2 is 0.715 bits per heavy atom. The number of carbonyl (C=O) groups excluding carboxylic acids is 7. The van der Waals surface area contributed by atoms with Gasteiger partial charge >= 0.3 is 69.6 Å². The van der Waals surface area contributed by atoms with Crippen molar-refractivity contribution in [2.24, 2.45) is 23.7 Å². The Morgan fingerprint density at radius 3 is 1.07 bits per heavy atom. The van der Waals surface area contributed by atoms with Crippen molar-refractivity contribution in [1.82, 2.24) is 0 Å². The number of amides is 2. The Morgan fingerprint density at radius 1 is 0.396 bits per heavy atom. The molecule has 5 aromatic rings. The number of sulfonamides is 5. The van der Waals surface area contributed by atoms with E-state index in [1.54, 1.807) is 73.6 Å². The first-order valence-corrected chi connectivity index (χ1v) is 63.0. The number of anilines is 4. The van der Waals surface area contributed by atoms with E-state index in [-0.39, 0.29) is 48.6 Å². The molecule has 4 saturated carbocycles. The van der Waals surface area contributed by atoms with Gasteiger partial charge in [-0.25, -0.2) is 66.1 Å². The summed E-state index contributed by atoms with van der Waals surface area (Å²) in [5.41, 5.74) is -15.1. The number of rotatable bonds is 32. The number of nitrogens with one attached hydrogen (secondary N) is 2. The van der Waals surface area contributed by atoms with Gasteiger partial charge in [-0.1, -0.05) is 26.7 Å². The van der Waals surface area contributed by atoms with Crippen LogP contribution in [0.15, 0.2) is 36.4 Å². The third-order valence-corrected chi connectivity index (χ3v) is 39.8. The zero-order chi connectivity index (χ0) is 111. The van der Waals surface area contributed by atoms with Crippen LogP contribution in [0.3, 0.4) is 0 Å². The molecule has 9 rings (SSSR count). The van der Waals surface area contributed by atoms with Gasteiger partial charge in [0.2, 0.25) is 0 Å². The van der Waals surface area contributed by atoms with E-state index in [2.05, 4.69) is 238 Å². The highest BCUT2D eigenvalue weighted by molar-refractivity contribution is 14.1. The number of nitrogens with two attached hydrogens (primary N) is 2. The zero-order valence-corrected chi connectivity index (χ0v) is 111. The summed E-state index contributed by atoms with van der Waals surface area (Å²) in [6.07, 6.45) is 2.51. The summed E-state index contributed by atoms with van der Waals surface area (Å²) in [5.74, 6) is -4.74. The van der Waals surface area contributed by atoms with Gasteiger partial charge in [0.05, 0.1) is 84.8 Å². The monoisotopic (exact) mass is 3850 g/mol. The lowest BCUT2D eigenvalue weighted by Gasteiger charge is -2.66. The first-order valence-electron chi connectivity index (χ1n) is 39.6. The number of hydrogen-bond acceptors (Lipinski definition) is 26. The number of esters is 5. The fourth-order valence-corrected chi connectivity index (χ4v) is 33.9. The van der Waals surface area contributed by atoms with Crippen LogP contribution in [0, 0.1) is 77.2 Å². The minimum atomic E-state index is -5.65. The Hall–Kier alpha value is 1.04. The highest BCUT2D eigenvalue weighted by Crippen LogP contribution is 2.63. The summed E-state index contributed by atoms with van der Waals surface area (Å²) in [6.45, 7) is 8.06. The minimum absolute atomic E-state index is 0.00125. The van der Waals surface area contributed by atoms with Crippen molar-refractivity contribution in [2.75, 3.05) is 74.7 Å². The average molecular weight is 3850 g/mol. The van der Waals surface area contributed by atoms with Crippen LogP contribution in [0.1, 0.15) is 149 Å². The van der Waals surface area contributed by atoms with Crippen molar-refractivity contribution in [1.29, 1.82) is 0 Å². The summed E-state index contributed by atoms with van der Waals surface area (Å²) in [4.78, 5) is 86.4. The number of ether oxygens (including phenoxy) is 7. The fraction of sp³-hybridized carbons (Fsp3) is 0.513. The highest BCUT2D eigenvalue weighted by atomic mass is 127. The molecule has 4 fully saturated rings. The minimum Gasteiger partial charge on any atom is -0.538 e. The van der Waals surface area contributed by atoms with Crippen molar-refractivity contribution in [3.8, 4) is 0 Å². The maximum Gasteiger partial charge on any atom is 0.480 e. The number of nitrogens with zero attached hydrogens (tertiary/aromatic N) is 5. The molecule has 68 heteroatoms. The van der Waals surface area contributed by atoms with Gasteiger partial charge in [0.25, 0.3) is 0 Å². The summed E-state index contributed by atoms with van der Waals surface area (Å²) < 4.78 is 356.